The second-order valence-corrected chi connectivity index (χ2v) is 4.63. The number of ether oxygens (including phenoxy) is 1. The molecule has 0 spiro atoms. The smallest absolute Gasteiger partial charge is 0.0604 e. The van der Waals surface area contributed by atoms with E-state index >= 15 is 0 Å². The van der Waals surface area contributed by atoms with Gasteiger partial charge in [0, 0.05) is 19.2 Å². The molecule has 3 nitrogen and oxygen atoms in total. The van der Waals surface area contributed by atoms with Crippen LogP contribution < -0.4 is 5.73 Å². The fourth-order valence-corrected chi connectivity index (χ4v) is 2.29. The largest absolute Gasteiger partial charge is 0.378 e. The average Bonchev–Trinajstić information content (AvgIpc) is 2.61. The Balaban J connectivity index is 1.43. The highest BCUT2D eigenvalue weighted by Gasteiger charge is 2.26. The molecular weight excluding hydrogens is 176 g/mol. The first-order valence-corrected chi connectivity index (χ1v) is 5.94. The van der Waals surface area contributed by atoms with Crippen molar-refractivity contribution >= 4 is 0 Å². The Hall–Kier alpha value is -0.120. The van der Waals surface area contributed by atoms with Crippen LogP contribution in [0.2, 0.25) is 0 Å². The third kappa shape index (κ3) is 2.94. The molecule has 0 aromatic carbocycles. The molecule has 3 heteroatoms. The van der Waals surface area contributed by atoms with Gasteiger partial charge in [0.15, 0.2) is 0 Å². The van der Waals surface area contributed by atoms with Crippen molar-refractivity contribution in [3.8, 4) is 0 Å². The predicted molar refractivity (Wildman–Crippen MR) is 57.2 cm³/mol. The Kier molecular flexibility index (Phi) is 3.79. The highest BCUT2D eigenvalue weighted by Crippen LogP contribution is 2.21. The molecule has 1 heterocycles. The van der Waals surface area contributed by atoms with Crippen LogP contribution in [0, 0.1) is 0 Å². The van der Waals surface area contributed by atoms with Crippen LogP contribution >= 0.6 is 0 Å². The average molecular weight is 198 g/mol. The van der Waals surface area contributed by atoms with Crippen molar-refractivity contribution in [2.45, 2.75) is 44.2 Å². The summed E-state index contributed by atoms with van der Waals surface area (Å²) in [5.74, 6) is 0. The van der Waals surface area contributed by atoms with Gasteiger partial charge in [-0.1, -0.05) is 0 Å². The molecule has 0 aromatic rings. The summed E-state index contributed by atoms with van der Waals surface area (Å²) in [5, 5.41) is 0. The van der Waals surface area contributed by atoms with Gasteiger partial charge in [0.1, 0.15) is 0 Å². The van der Waals surface area contributed by atoms with Gasteiger partial charge in [-0.3, -0.25) is 0 Å². The lowest BCUT2D eigenvalue weighted by Crippen LogP contribution is -2.41. The molecule has 2 rings (SSSR count). The van der Waals surface area contributed by atoms with Crippen molar-refractivity contribution < 1.29 is 4.74 Å². The van der Waals surface area contributed by atoms with Crippen molar-refractivity contribution in [3.63, 3.8) is 0 Å². The molecule has 0 unspecified atom stereocenters. The molecule has 0 atom stereocenters. The van der Waals surface area contributed by atoms with E-state index < -0.39 is 0 Å². The van der Waals surface area contributed by atoms with Crippen LogP contribution in [-0.4, -0.2) is 43.3 Å². The highest BCUT2D eigenvalue weighted by molar-refractivity contribution is 4.82. The van der Waals surface area contributed by atoms with E-state index in [2.05, 4.69) is 4.90 Å². The summed E-state index contributed by atoms with van der Waals surface area (Å²) in [6, 6.07) is 0.415. The van der Waals surface area contributed by atoms with Crippen LogP contribution in [-0.2, 0) is 4.74 Å². The lowest BCUT2D eigenvalue weighted by atomic mass is 9.90. The minimum atomic E-state index is 0.415. The molecule has 2 aliphatic rings. The molecular formula is C11H22N2O. The second-order valence-electron chi connectivity index (χ2n) is 4.63. The minimum Gasteiger partial charge on any atom is -0.378 e. The lowest BCUT2D eigenvalue weighted by Gasteiger charge is -2.32. The van der Waals surface area contributed by atoms with Crippen LogP contribution in [0.3, 0.4) is 0 Å². The number of rotatable bonds is 5. The van der Waals surface area contributed by atoms with Crippen LogP contribution in [0.25, 0.3) is 0 Å². The van der Waals surface area contributed by atoms with Gasteiger partial charge < -0.3 is 15.4 Å². The first kappa shape index (κ1) is 10.4. The summed E-state index contributed by atoms with van der Waals surface area (Å²) in [5.41, 5.74) is 5.68. The molecule has 2 N–H and O–H groups in total. The maximum Gasteiger partial charge on any atom is 0.0604 e. The van der Waals surface area contributed by atoms with E-state index in [1.165, 1.54) is 38.9 Å². The van der Waals surface area contributed by atoms with Gasteiger partial charge in [-0.2, -0.15) is 0 Å². The zero-order valence-corrected chi connectivity index (χ0v) is 8.95. The third-order valence-corrected chi connectivity index (χ3v) is 3.30. The van der Waals surface area contributed by atoms with Crippen LogP contribution in [0.15, 0.2) is 0 Å². The standard InChI is InChI=1S/C11H22N2O/c12-10-8-11(9-10)14-7-3-6-13-4-1-2-5-13/h10-11H,1-9,12H2. The summed E-state index contributed by atoms with van der Waals surface area (Å²) in [7, 11) is 0. The normalized spacial score (nSPS) is 33.2. The molecule has 14 heavy (non-hydrogen) atoms. The first-order valence-electron chi connectivity index (χ1n) is 5.94. The van der Waals surface area contributed by atoms with E-state index in [1.54, 1.807) is 0 Å². The minimum absolute atomic E-state index is 0.415. The Morgan fingerprint density at radius 1 is 1.21 bits per heavy atom. The van der Waals surface area contributed by atoms with Gasteiger partial charge in [-0.15, -0.1) is 0 Å². The van der Waals surface area contributed by atoms with Crippen LogP contribution in [0.1, 0.15) is 32.1 Å². The number of likely N-dealkylation sites (tertiary alicyclic amines) is 1. The quantitative estimate of drug-likeness (QED) is 0.669. The Labute approximate surface area is 86.6 Å². The van der Waals surface area contributed by atoms with Gasteiger partial charge in [0.2, 0.25) is 0 Å². The molecule has 82 valence electrons. The summed E-state index contributed by atoms with van der Waals surface area (Å²) >= 11 is 0. The van der Waals surface area contributed by atoms with Crippen LogP contribution in [0.4, 0.5) is 0 Å². The predicted octanol–water partition coefficient (Wildman–Crippen LogP) is 0.979. The summed E-state index contributed by atoms with van der Waals surface area (Å²) in [6.45, 7) is 4.75. The second kappa shape index (κ2) is 5.10. The van der Waals surface area contributed by atoms with Crippen molar-refractivity contribution in [1.82, 2.24) is 4.90 Å². The zero-order valence-electron chi connectivity index (χ0n) is 8.95. The Morgan fingerprint density at radius 2 is 1.93 bits per heavy atom. The third-order valence-electron chi connectivity index (χ3n) is 3.30. The fraction of sp³-hybridized carbons (Fsp3) is 1.00. The molecule has 1 saturated carbocycles. The summed E-state index contributed by atoms with van der Waals surface area (Å²) < 4.78 is 5.70. The molecule has 1 aliphatic heterocycles. The summed E-state index contributed by atoms with van der Waals surface area (Å²) in [6.07, 6.45) is 6.58. The van der Waals surface area contributed by atoms with Gasteiger partial charge in [-0.05, 0) is 45.2 Å². The van der Waals surface area contributed by atoms with Crippen molar-refractivity contribution in [1.29, 1.82) is 0 Å². The molecule has 0 aromatic heterocycles. The number of nitrogens with zero attached hydrogens (tertiary/aromatic N) is 1. The monoisotopic (exact) mass is 198 g/mol. The fourth-order valence-electron chi connectivity index (χ4n) is 2.29. The molecule has 2 fully saturated rings. The number of hydrogen-bond acceptors (Lipinski definition) is 3. The summed E-state index contributed by atoms with van der Waals surface area (Å²) in [4.78, 5) is 2.54. The number of hydrogen-bond donors (Lipinski definition) is 1. The van der Waals surface area contributed by atoms with E-state index in [0.29, 0.717) is 12.1 Å². The van der Waals surface area contributed by atoms with E-state index in [1.807, 2.05) is 0 Å². The molecule has 0 radical (unpaired) electrons. The maximum absolute atomic E-state index is 5.70. The molecule has 1 saturated heterocycles. The van der Waals surface area contributed by atoms with E-state index in [-0.39, 0.29) is 0 Å². The van der Waals surface area contributed by atoms with E-state index in [4.69, 9.17) is 10.5 Å². The molecule has 1 aliphatic carbocycles. The number of nitrogens with two attached hydrogens (primary N) is 1. The van der Waals surface area contributed by atoms with Crippen molar-refractivity contribution in [3.05, 3.63) is 0 Å². The van der Waals surface area contributed by atoms with Crippen LogP contribution in [0.5, 0.6) is 0 Å². The maximum atomic E-state index is 5.70. The first-order chi connectivity index (χ1) is 6.84. The zero-order chi connectivity index (χ0) is 9.80. The topological polar surface area (TPSA) is 38.5 Å². The van der Waals surface area contributed by atoms with Gasteiger partial charge in [-0.25, -0.2) is 0 Å². The van der Waals surface area contributed by atoms with Crippen molar-refractivity contribution in [2.24, 2.45) is 5.73 Å². The van der Waals surface area contributed by atoms with E-state index in [9.17, 15) is 0 Å². The molecule has 0 amide bonds. The Bertz CT molecular complexity index is 163. The molecule has 0 bridgehead atoms. The van der Waals surface area contributed by atoms with Gasteiger partial charge in [0.05, 0.1) is 6.10 Å². The van der Waals surface area contributed by atoms with E-state index in [0.717, 1.165) is 19.4 Å². The van der Waals surface area contributed by atoms with Crippen molar-refractivity contribution in [2.75, 3.05) is 26.2 Å². The lowest BCUT2D eigenvalue weighted by molar-refractivity contribution is -0.0112. The van der Waals surface area contributed by atoms with Gasteiger partial charge in [0.25, 0.3) is 0 Å². The SMILES string of the molecule is NC1CC(OCCCN2CCCC2)C1. The Morgan fingerprint density at radius 3 is 2.57 bits per heavy atom. The highest BCUT2D eigenvalue weighted by atomic mass is 16.5. The van der Waals surface area contributed by atoms with Gasteiger partial charge >= 0.3 is 0 Å².